The van der Waals surface area contributed by atoms with Crippen molar-refractivity contribution in [3.8, 4) is 0 Å². The van der Waals surface area contributed by atoms with E-state index in [-0.39, 0.29) is 34.2 Å². The summed E-state index contributed by atoms with van der Waals surface area (Å²) in [7, 11) is -3.19. The molecule has 0 aliphatic carbocycles. The average Bonchev–Trinajstić information content (AvgIpc) is 2.77. The molecule has 136 valence electrons. The number of hydrogen-bond donors (Lipinski definition) is 1. The third-order valence-corrected chi connectivity index (χ3v) is 5.88. The van der Waals surface area contributed by atoms with Crippen LogP contribution in [0.3, 0.4) is 0 Å². The average molecular weight is 391 g/mol. The zero-order valence-electron chi connectivity index (χ0n) is 13.2. The smallest absolute Gasteiger partial charge is 0.340 e. The zero-order chi connectivity index (χ0) is 18.8. The second-order valence-corrected chi connectivity index (χ2v) is 8.54. The molecule has 9 nitrogen and oxygen atoms in total. The molecule has 1 aromatic carbocycles. The number of esters is 1. The van der Waals surface area contributed by atoms with Crippen molar-refractivity contribution >= 4 is 39.0 Å². The van der Waals surface area contributed by atoms with Gasteiger partial charge in [-0.3, -0.25) is 14.9 Å². The summed E-state index contributed by atoms with van der Waals surface area (Å²) < 4.78 is 27.8. The summed E-state index contributed by atoms with van der Waals surface area (Å²) in [5.74, 6) is -1.75. The van der Waals surface area contributed by atoms with Crippen LogP contribution in [0, 0.1) is 10.1 Å². The SMILES string of the molecule is C[C@]1(NC(=O)COC(=O)c2ccc([N+](=O)[O-])cc2Cl)CCS(=O)(=O)C1. The normalized spacial score (nSPS) is 21.5. The first-order valence-corrected chi connectivity index (χ1v) is 9.34. The summed E-state index contributed by atoms with van der Waals surface area (Å²) >= 11 is 5.80. The lowest BCUT2D eigenvalue weighted by Gasteiger charge is -2.23. The predicted molar refractivity (Wildman–Crippen MR) is 88.2 cm³/mol. The summed E-state index contributed by atoms with van der Waals surface area (Å²) in [4.78, 5) is 33.8. The third kappa shape index (κ3) is 4.89. The zero-order valence-corrected chi connectivity index (χ0v) is 14.7. The number of non-ortho nitro benzene ring substituents is 1. The first kappa shape index (κ1) is 19.1. The van der Waals surface area contributed by atoms with Gasteiger partial charge in [0.25, 0.3) is 11.6 Å². The highest BCUT2D eigenvalue weighted by Gasteiger charge is 2.39. The quantitative estimate of drug-likeness (QED) is 0.452. The van der Waals surface area contributed by atoms with Crippen LogP contribution >= 0.6 is 11.6 Å². The molecule has 1 heterocycles. The van der Waals surface area contributed by atoms with E-state index in [0.717, 1.165) is 18.2 Å². The van der Waals surface area contributed by atoms with E-state index < -0.39 is 38.8 Å². The number of carbonyl (C=O) groups excluding carboxylic acids is 2. The van der Waals surface area contributed by atoms with Gasteiger partial charge in [0.05, 0.1) is 32.6 Å². The topological polar surface area (TPSA) is 133 Å². The van der Waals surface area contributed by atoms with E-state index in [1.165, 1.54) is 0 Å². The number of sulfone groups is 1. The Hall–Kier alpha value is -2.20. The summed E-state index contributed by atoms with van der Waals surface area (Å²) in [6, 6.07) is 3.22. The maximum Gasteiger partial charge on any atom is 0.340 e. The van der Waals surface area contributed by atoms with E-state index in [0.29, 0.717) is 0 Å². The molecule has 25 heavy (non-hydrogen) atoms. The minimum Gasteiger partial charge on any atom is -0.452 e. The minimum absolute atomic E-state index is 0.0119. The van der Waals surface area contributed by atoms with Crippen LogP contribution in [0.5, 0.6) is 0 Å². The van der Waals surface area contributed by atoms with Crippen LogP contribution in [0.1, 0.15) is 23.7 Å². The Labute approximate surface area is 148 Å². The van der Waals surface area contributed by atoms with Gasteiger partial charge in [-0.05, 0) is 19.4 Å². The van der Waals surface area contributed by atoms with Crippen LogP contribution < -0.4 is 5.32 Å². The fraction of sp³-hybridized carbons (Fsp3) is 0.429. The summed E-state index contributed by atoms with van der Waals surface area (Å²) in [6.45, 7) is 0.978. The first-order valence-electron chi connectivity index (χ1n) is 7.14. The molecule has 0 radical (unpaired) electrons. The highest BCUT2D eigenvalue weighted by molar-refractivity contribution is 7.91. The molecule has 1 amide bonds. The number of nitrogens with one attached hydrogen (secondary N) is 1. The number of rotatable bonds is 5. The van der Waals surface area contributed by atoms with Crippen molar-refractivity contribution in [1.82, 2.24) is 5.32 Å². The van der Waals surface area contributed by atoms with Crippen molar-refractivity contribution in [2.75, 3.05) is 18.1 Å². The summed E-state index contributed by atoms with van der Waals surface area (Å²) in [5.41, 5.74) is -1.29. The summed E-state index contributed by atoms with van der Waals surface area (Å²) in [5, 5.41) is 13.0. The fourth-order valence-corrected chi connectivity index (χ4v) is 4.82. The third-order valence-electron chi connectivity index (χ3n) is 3.66. The molecular weight excluding hydrogens is 376 g/mol. The number of amides is 1. The van der Waals surface area contributed by atoms with Gasteiger partial charge in [-0.25, -0.2) is 13.2 Å². The standard InChI is InChI=1S/C14H15ClN2O7S/c1-14(4-5-25(22,23)8-14)16-12(18)7-24-13(19)10-3-2-9(17(20)21)6-11(10)15/h2-3,6H,4-5,7-8H2,1H3,(H,16,18)/t14-/m0/s1. The van der Waals surface area contributed by atoms with Crippen molar-refractivity contribution in [2.45, 2.75) is 18.9 Å². The Balaban J connectivity index is 1.94. The fourth-order valence-electron chi connectivity index (χ4n) is 2.47. The van der Waals surface area contributed by atoms with Crippen LogP contribution in [0.4, 0.5) is 5.69 Å². The number of nitro benzene ring substituents is 1. The molecular formula is C14H15ClN2O7S. The molecule has 1 aromatic rings. The Bertz CT molecular complexity index is 840. The molecule has 11 heteroatoms. The van der Waals surface area contributed by atoms with E-state index in [4.69, 9.17) is 16.3 Å². The molecule has 1 fully saturated rings. The molecule has 1 aliphatic rings. The Kier molecular flexibility index (Phi) is 5.33. The van der Waals surface area contributed by atoms with Gasteiger partial charge in [0.2, 0.25) is 0 Å². The molecule has 0 spiro atoms. The largest absolute Gasteiger partial charge is 0.452 e. The molecule has 1 atom stereocenters. The van der Waals surface area contributed by atoms with E-state index in [1.807, 2.05) is 0 Å². The molecule has 1 aliphatic heterocycles. The second-order valence-electron chi connectivity index (χ2n) is 5.95. The maximum atomic E-state index is 11.9. The number of benzene rings is 1. The van der Waals surface area contributed by atoms with Crippen molar-refractivity contribution < 1.29 is 27.7 Å². The van der Waals surface area contributed by atoms with E-state index in [2.05, 4.69) is 5.32 Å². The van der Waals surface area contributed by atoms with E-state index in [9.17, 15) is 28.1 Å². The van der Waals surface area contributed by atoms with Crippen molar-refractivity contribution in [3.63, 3.8) is 0 Å². The number of ether oxygens (including phenoxy) is 1. The monoisotopic (exact) mass is 390 g/mol. The lowest BCUT2D eigenvalue weighted by atomic mass is 10.0. The lowest BCUT2D eigenvalue weighted by molar-refractivity contribution is -0.384. The van der Waals surface area contributed by atoms with Crippen LogP contribution in [0.25, 0.3) is 0 Å². The first-order chi connectivity index (χ1) is 11.5. The van der Waals surface area contributed by atoms with Gasteiger partial charge < -0.3 is 10.1 Å². The number of carbonyl (C=O) groups is 2. The van der Waals surface area contributed by atoms with Gasteiger partial charge in [0.15, 0.2) is 16.4 Å². The molecule has 0 bridgehead atoms. The molecule has 1 N–H and O–H groups in total. The van der Waals surface area contributed by atoms with Crippen molar-refractivity contribution in [2.24, 2.45) is 0 Å². The number of halogens is 1. The maximum absolute atomic E-state index is 11.9. The highest BCUT2D eigenvalue weighted by atomic mass is 35.5. The Morgan fingerprint density at radius 1 is 1.44 bits per heavy atom. The van der Waals surface area contributed by atoms with Gasteiger partial charge in [0.1, 0.15) is 0 Å². The van der Waals surface area contributed by atoms with Gasteiger partial charge >= 0.3 is 5.97 Å². The Morgan fingerprint density at radius 2 is 2.12 bits per heavy atom. The van der Waals surface area contributed by atoms with Crippen molar-refractivity contribution in [3.05, 3.63) is 38.9 Å². The minimum atomic E-state index is -3.19. The van der Waals surface area contributed by atoms with Gasteiger partial charge in [0, 0.05) is 12.1 Å². The molecule has 1 saturated heterocycles. The Morgan fingerprint density at radius 3 is 2.64 bits per heavy atom. The lowest BCUT2D eigenvalue weighted by Crippen LogP contribution is -2.48. The second kappa shape index (κ2) is 6.96. The number of nitrogens with zero attached hydrogens (tertiary/aromatic N) is 1. The number of hydrogen-bond acceptors (Lipinski definition) is 7. The molecule has 0 aromatic heterocycles. The van der Waals surface area contributed by atoms with Gasteiger partial charge in [-0.1, -0.05) is 11.6 Å². The molecule has 0 unspecified atom stereocenters. The van der Waals surface area contributed by atoms with Crippen LogP contribution in [-0.4, -0.2) is 48.9 Å². The highest BCUT2D eigenvalue weighted by Crippen LogP contribution is 2.24. The summed E-state index contributed by atoms with van der Waals surface area (Å²) in [6.07, 6.45) is 0.281. The van der Waals surface area contributed by atoms with Crippen LogP contribution in [-0.2, 0) is 19.4 Å². The van der Waals surface area contributed by atoms with E-state index in [1.54, 1.807) is 6.92 Å². The number of nitro groups is 1. The molecule has 2 rings (SSSR count). The van der Waals surface area contributed by atoms with Gasteiger partial charge in [-0.2, -0.15) is 0 Å². The van der Waals surface area contributed by atoms with Gasteiger partial charge in [-0.15, -0.1) is 0 Å². The molecule has 0 saturated carbocycles. The van der Waals surface area contributed by atoms with Crippen molar-refractivity contribution in [1.29, 1.82) is 0 Å². The van der Waals surface area contributed by atoms with Crippen LogP contribution in [0.15, 0.2) is 18.2 Å². The van der Waals surface area contributed by atoms with E-state index >= 15 is 0 Å². The van der Waals surface area contributed by atoms with Crippen LogP contribution in [0.2, 0.25) is 5.02 Å². The predicted octanol–water partition coefficient (Wildman–Crippen LogP) is 1.10.